The summed E-state index contributed by atoms with van der Waals surface area (Å²) in [5, 5.41) is 3.48. The highest BCUT2D eigenvalue weighted by atomic mass is 16.7. The Morgan fingerprint density at radius 1 is 1.42 bits per heavy atom. The molecule has 0 saturated carbocycles. The summed E-state index contributed by atoms with van der Waals surface area (Å²) in [6, 6.07) is 6.34. The quantitative estimate of drug-likeness (QED) is 0.889. The van der Waals surface area contributed by atoms with Crippen LogP contribution >= 0.6 is 0 Å². The second kappa shape index (κ2) is 5.32. The molecule has 5 nitrogen and oxygen atoms in total. The molecular formula is C14H17N3O2. The summed E-state index contributed by atoms with van der Waals surface area (Å²) in [5.74, 6) is 1.70. The summed E-state index contributed by atoms with van der Waals surface area (Å²) in [6.07, 6.45) is 5.59. The molecule has 0 amide bonds. The van der Waals surface area contributed by atoms with Gasteiger partial charge >= 0.3 is 0 Å². The highest BCUT2D eigenvalue weighted by Crippen LogP contribution is 2.35. The van der Waals surface area contributed by atoms with E-state index < -0.39 is 0 Å². The second-order valence-corrected chi connectivity index (χ2v) is 4.69. The third-order valence-electron chi connectivity index (χ3n) is 3.16. The minimum atomic E-state index is 0.316. The first-order chi connectivity index (χ1) is 9.33. The summed E-state index contributed by atoms with van der Waals surface area (Å²) < 4.78 is 12.9. The molecule has 3 rings (SSSR count). The van der Waals surface area contributed by atoms with Crippen molar-refractivity contribution in [2.75, 3.05) is 6.79 Å². The van der Waals surface area contributed by atoms with Crippen molar-refractivity contribution in [3.63, 3.8) is 0 Å². The lowest BCUT2D eigenvalue weighted by Gasteiger charge is -2.15. The van der Waals surface area contributed by atoms with Crippen LogP contribution in [0.4, 0.5) is 0 Å². The van der Waals surface area contributed by atoms with Gasteiger partial charge in [0.25, 0.3) is 0 Å². The topological polar surface area (TPSA) is 48.3 Å². The molecule has 0 aliphatic carbocycles. The zero-order valence-electron chi connectivity index (χ0n) is 10.9. The lowest BCUT2D eigenvalue weighted by atomic mass is 10.1. The van der Waals surface area contributed by atoms with Gasteiger partial charge in [-0.25, -0.2) is 4.98 Å². The van der Waals surface area contributed by atoms with Gasteiger partial charge in [-0.1, -0.05) is 12.1 Å². The van der Waals surface area contributed by atoms with E-state index in [4.69, 9.17) is 9.47 Å². The predicted octanol–water partition coefficient (Wildman–Crippen LogP) is 1.79. The number of nitrogens with zero attached hydrogens (tertiary/aromatic N) is 2. The fraction of sp³-hybridized carbons (Fsp3) is 0.357. The van der Waals surface area contributed by atoms with Crippen LogP contribution < -0.4 is 14.8 Å². The Balaban J connectivity index is 1.59. The van der Waals surface area contributed by atoms with Gasteiger partial charge in [0.15, 0.2) is 11.5 Å². The molecular weight excluding hydrogens is 242 g/mol. The molecule has 1 N–H and O–H groups in total. The number of benzene rings is 1. The summed E-state index contributed by atoms with van der Waals surface area (Å²) in [4.78, 5) is 4.04. The third kappa shape index (κ3) is 2.71. The first-order valence-electron chi connectivity index (χ1n) is 6.39. The highest BCUT2D eigenvalue weighted by Gasteiger charge is 2.17. The number of hydrogen-bond acceptors (Lipinski definition) is 4. The zero-order chi connectivity index (χ0) is 13.1. The summed E-state index contributed by atoms with van der Waals surface area (Å²) in [5.41, 5.74) is 1.13. The molecule has 1 aliphatic rings. The molecule has 0 bridgehead atoms. The molecule has 1 atom stereocenters. The number of hydrogen-bond donors (Lipinski definition) is 1. The normalized spacial score (nSPS) is 14.6. The van der Waals surface area contributed by atoms with Crippen molar-refractivity contribution >= 4 is 0 Å². The Labute approximate surface area is 112 Å². The van der Waals surface area contributed by atoms with Crippen LogP contribution in [0.15, 0.2) is 36.9 Å². The van der Waals surface area contributed by atoms with Gasteiger partial charge in [0.2, 0.25) is 6.79 Å². The maximum Gasteiger partial charge on any atom is 0.231 e. The Bertz CT molecular complexity index is 540. The third-order valence-corrected chi connectivity index (χ3v) is 3.16. The van der Waals surface area contributed by atoms with Gasteiger partial charge < -0.3 is 19.4 Å². The number of ether oxygens (including phenoxy) is 2. The average molecular weight is 259 g/mol. The maximum atomic E-state index is 5.49. The molecule has 19 heavy (non-hydrogen) atoms. The number of nitrogens with one attached hydrogen (secondary N) is 1. The Kier molecular flexibility index (Phi) is 3.37. The van der Waals surface area contributed by atoms with E-state index in [1.165, 1.54) is 0 Å². The van der Waals surface area contributed by atoms with E-state index in [0.29, 0.717) is 12.8 Å². The van der Waals surface area contributed by atoms with E-state index in [1.807, 2.05) is 24.7 Å². The molecule has 0 fully saturated rings. The molecule has 1 aromatic carbocycles. The fourth-order valence-electron chi connectivity index (χ4n) is 2.19. The molecule has 1 aliphatic heterocycles. The SMILES string of the molecule is CC(Cn1ccnc1)NCc1cccc2c1OCO2. The monoisotopic (exact) mass is 259 g/mol. The van der Waals surface area contributed by atoms with Crippen molar-refractivity contribution in [1.82, 2.24) is 14.9 Å². The van der Waals surface area contributed by atoms with Crippen molar-refractivity contribution < 1.29 is 9.47 Å². The van der Waals surface area contributed by atoms with E-state index in [2.05, 4.69) is 27.9 Å². The lowest BCUT2D eigenvalue weighted by Crippen LogP contribution is -2.29. The van der Waals surface area contributed by atoms with E-state index in [0.717, 1.165) is 30.2 Å². The van der Waals surface area contributed by atoms with Crippen LogP contribution in [0.2, 0.25) is 0 Å². The van der Waals surface area contributed by atoms with Crippen molar-refractivity contribution in [2.45, 2.75) is 26.1 Å². The van der Waals surface area contributed by atoms with Gasteiger partial charge in [-0.05, 0) is 13.0 Å². The number of imidazole rings is 1. The van der Waals surface area contributed by atoms with Crippen LogP contribution in [0.5, 0.6) is 11.5 Å². The Hall–Kier alpha value is -2.01. The molecule has 1 aromatic heterocycles. The summed E-state index contributed by atoms with van der Waals surface area (Å²) in [6.45, 7) is 4.13. The fourth-order valence-corrected chi connectivity index (χ4v) is 2.19. The van der Waals surface area contributed by atoms with Crippen molar-refractivity contribution in [2.24, 2.45) is 0 Å². The van der Waals surface area contributed by atoms with Crippen molar-refractivity contribution in [3.8, 4) is 11.5 Å². The standard InChI is InChI=1S/C14H17N3O2/c1-11(8-17-6-5-15-9-17)16-7-12-3-2-4-13-14(12)19-10-18-13/h2-6,9,11,16H,7-8,10H2,1H3. The minimum Gasteiger partial charge on any atom is -0.454 e. The minimum absolute atomic E-state index is 0.316. The second-order valence-electron chi connectivity index (χ2n) is 4.69. The number of aromatic nitrogens is 2. The molecule has 2 aromatic rings. The maximum absolute atomic E-state index is 5.49. The van der Waals surface area contributed by atoms with Crippen LogP contribution in [0, 0.1) is 0 Å². The van der Waals surface area contributed by atoms with E-state index in [9.17, 15) is 0 Å². The molecule has 1 unspecified atom stereocenters. The molecule has 0 radical (unpaired) electrons. The molecule has 5 heteroatoms. The van der Waals surface area contributed by atoms with Crippen molar-refractivity contribution in [1.29, 1.82) is 0 Å². The van der Waals surface area contributed by atoms with Gasteiger partial charge in [-0.3, -0.25) is 0 Å². The number of para-hydroxylation sites is 1. The van der Waals surface area contributed by atoms with Crippen molar-refractivity contribution in [3.05, 3.63) is 42.5 Å². The van der Waals surface area contributed by atoms with Gasteiger partial charge in [-0.2, -0.15) is 0 Å². The van der Waals surface area contributed by atoms with Crippen LogP contribution in [0.1, 0.15) is 12.5 Å². The van der Waals surface area contributed by atoms with E-state index in [1.54, 1.807) is 6.20 Å². The first-order valence-corrected chi connectivity index (χ1v) is 6.39. The zero-order valence-corrected chi connectivity index (χ0v) is 10.9. The molecule has 0 saturated heterocycles. The summed E-state index contributed by atoms with van der Waals surface area (Å²) >= 11 is 0. The van der Waals surface area contributed by atoms with Crippen LogP contribution in [0.25, 0.3) is 0 Å². The lowest BCUT2D eigenvalue weighted by molar-refractivity contribution is 0.173. The molecule has 2 heterocycles. The number of fused-ring (bicyclic) bond motifs is 1. The van der Waals surface area contributed by atoms with Gasteiger partial charge in [0, 0.05) is 37.1 Å². The highest BCUT2D eigenvalue weighted by molar-refractivity contribution is 5.48. The average Bonchev–Trinajstić information content (AvgIpc) is 3.06. The van der Waals surface area contributed by atoms with Crippen LogP contribution in [0.3, 0.4) is 0 Å². The molecule has 0 spiro atoms. The predicted molar refractivity (Wildman–Crippen MR) is 71.1 cm³/mol. The largest absolute Gasteiger partial charge is 0.454 e. The van der Waals surface area contributed by atoms with Gasteiger partial charge in [0.05, 0.1) is 6.33 Å². The number of rotatable bonds is 5. The van der Waals surface area contributed by atoms with Gasteiger partial charge in [-0.15, -0.1) is 0 Å². The van der Waals surface area contributed by atoms with Gasteiger partial charge in [0.1, 0.15) is 0 Å². The van der Waals surface area contributed by atoms with E-state index in [-0.39, 0.29) is 0 Å². The Morgan fingerprint density at radius 3 is 3.21 bits per heavy atom. The smallest absolute Gasteiger partial charge is 0.231 e. The van der Waals surface area contributed by atoms with Crippen LogP contribution in [-0.4, -0.2) is 22.4 Å². The summed E-state index contributed by atoms with van der Waals surface area (Å²) in [7, 11) is 0. The Morgan fingerprint density at radius 2 is 2.37 bits per heavy atom. The molecule has 100 valence electrons. The van der Waals surface area contributed by atoms with E-state index >= 15 is 0 Å². The first kappa shape index (κ1) is 12.0. The van der Waals surface area contributed by atoms with Crippen LogP contribution in [-0.2, 0) is 13.1 Å².